The first-order valence-electron chi connectivity index (χ1n) is 6.93. The van der Waals surface area contributed by atoms with E-state index in [1.165, 1.54) is 18.2 Å². The summed E-state index contributed by atoms with van der Waals surface area (Å²) in [6, 6.07) is 3.65. The molecule has 0 radical (unpaired) electrons. The van der Waals surface area contributed by atoms with Gasteiger partial charge in [0.15, 0.2) is 0 Å². The van der Waals surface area contributed by atoms with Crippen molar-refractivity contribution in [2.24, 2.45) is 0 Å². The van der Waals surface area contributed by atoms with Crippen LogP contribution in [0.2, 0.25) is 5.02 Å². The molecule has 0 spiro atoms. The van der Waals surface area contributed by atoms with Crippen LogP contribution in [0.25, 0.3) is 0 Å². The molecule has 1 aromatic carbocycles. The fraction of sp³-hybridized carbons (Fsp3) is 0.500. The summed E-state index contributed by atoms with van der Waals surface area (Å²) in [6.07, 6.45) is 3.37. The van der Waals surface area contributed by atoms with Gasteiger partial charge in [-0.1, -0.05) is 24.4 Å². The number of benzene rings is 1. The summed E-state index contributed by atoms with van der Waals surface area (Å²) in [5, 5.41) is 13.8. The van der Waals surface area contributed by atoms with Crippen LogP contribution in [0.1, 0.15) is 25.7 Å². The molecule has 5 nitrogen and oxygen atoms in total. The predicted molar refractivity (Wildman–Crippen MR) is 80.7 cm³/mol. The largest absolute Gasteiger partial charge is 0.433 e. The Kier molecular flexibility index (Phi) is 8.54. The molecule has 0 bridgehead atoms. The second-order valence-electron chi connectivity index (χ2n) is 4.54. The maximum Gasteiger partial charge on any atom is 0.387 e. The normalized spacial score (nSPS) is 10.6. The third kappa shape index (κ3) is 7.42. The lowest BCUT2D eigenvalue weighted by Crippen LogP contribution is -2.29. The predicted octanol–water partition coefficient (Wildman–Crippen LogP) is 3.62. The first-order chi connectivity index (χ1) is 10.5. The second kappa shape index (κ2) is 10.2. The molecule has 0 fully saturated rings. The molecule has 0 aliphatic rings. The van der Waals surface area contributed by atoms with Crippen LogP contribution in [0.4, 0.5) is 19.3 Å². The molecule has 22 heavy (non-hydrogen) atoms. The number of aliphatic hydroxyl groups excluding tert-OH is 1. The number of hydrogen-bond donors (Lipinski definition) is 3. The van der Waals surface area contributed by atoms with Crippen LogP contribution in [-0.4, -0.2) is 30.9 Å². The van der Waals surface area contributed by atoms with E-state index in [4.69, 9.17) is 16.7 Å². The number of alkyl halides is 2. The molecule has 0 aliphatic heterocycles. The maximum absolute atomic E-state index is 12.2. The topological polar surface area (TPSA) is 70.6 Å². The number of urea groups is 1. The van der Waals surface area contributed by atoms with Gasteiger partial charge in [-0.3, -0.25) is 0 Å². The quantitative estimate of drug-likeness (QED) is 0.603. The van der Waals surface area contributed by atoms with E-state index >= 15 is 0 Å². The zero-order valence-corrected chi connectivity index (χ0v) is 12.7. The fourth-order valence-electron chi connectivity index (χ4n) is 1.73. The van der Waals surface area contributed by atoms with E-state index in [1.807, 2.05) is 0 Å². The first-order valence-corrected chi connectivity index (χ1v) is 7.31. The van der Waals surface area contributed by atoms with Gasteiger partial charge in [-0.25, -0.2) is 4.79 Å². The smallest absolute Gasteiger partial charge is 0.387 e. The summed E-state index contributed by atoms with van der Waals surface area (Å²) in [4.78, 5) is 11.6. The lowest BCUT2D eigenvalue weighted by Gasteiger charge is -2.11. The van der Waals surface area contributed by atoms with Crippen LogP contribution in [0.5, 0.6) is 5.75 Å². The van der Waals surface area contributed by atoms with Gasteiger partial charge in [0.2, 0.25) is 0 Å². The molecule has 2 amide bonds. The van der Waals surface area contributed by atoms with Crippen molar-refractivity contribution in [3.63, 3.8) is 0 Å². The molecule has 0 aromatic heterocycles. The Morgan fingerprint density at radius 1 is 1.27 bits per heavy atom. The number of ether oxygens (including phenoxy) is 1. The lowest BCUT2D eigenvalue weighted by molar-refractivity contribution is -0.0497. The summed E-state index contributed by atoms with van der Waals surface area (Å²) < 4.78 is 28.6. The summed E-state index contributed by atoms with van der Waals surface area (Å²) in [7, 11) is 0. The molecule has 0 saturated heterocycles. The Morgan fingerprint density at radius 3 is 2.68 bits per heavy atom. The Hall–Kier alpha value is -1.60. The molecular weight excluding hydrogens is 318 g/mol. The monoisotopic (exact) mass is 336 g/mol. The third-order valence-electron chi connectivity index (χ3n) is 2.78. The highest BCUT2D eigenvalue weighted by molar-refractivity contribution is 6.32. The standard InChI is InChI=1S/C14H19ClF2N2O3/c15-11-6-5-10(9-12(11)22-13(16)17)19-14(21)18-7-3-1-2-4-8-20/h5-6,9,13,20H,1-4,7-8H2,(H2,18,19,21). The molecular formula is C14H19ClF2N2O3. The molecule has 124 valence electrons. The molecule has 1 rings (SSSR count). The van der Waals surface area contributed by atoms with Crippen molar-refractivity contribution >= 4 is 23.3 Å². The molecule has 0 unspecified atom stereocenters. The van der Waals surface area contributed by atoms with Crippen molar-refractivity contribution in [3.05, 3.63) is 23.2 Å². The van der Waals surface area contributed by atoms with Gasteiger partial charge in [0.25, 0.3) is 0 Å². The van der Waals surface area contributed by atoms with E-state index in [1.54, 1.807) is 0 Å². The molecule has 0 heterocycles. The number of hydrogen-bond acceptors (Lipinski definition) is 3. The van der Waals surface area contributed by atoms with E-state index < -0.39 is 12.6 Å². The Bertz CT molecular complexity index is 475. The highest BCUT2D eigenvalue weighted by Crippen LogP contribution is 2.29. The van der Waals surface area contributed by atoms with Gasteiger partial charge < -0.3 is 20.5 Å². The number of anilines is 1. The Labute approximate surface area is 132 Å². The van der Waals surface area contributed by atoms with Crippen molar-refractivity contribution in [1.29, 1.82) is 0 Å². The van der Waals surface area contributed by atoms with Gasteiger partial charge in [0.05, 0.1) is 5.02 Å². The lowest BCUT2D eigenvalue weighted by atomic mass is 10.2. The van der Waals surface area contributed by atoms with Crippen molar-refractivity contribution in [2.75, 3.05) is 18.5 Å². The zero-order valence-electron chi connectivity index (χ0n) is 11.9. The van der Waals surface area contributed by atoms with Crippen molar-refractivity contribution < 1.29 is 23.4 Å². The summed E-state index contributed by atoms with van der Waals surface area (Å²) >= 11 is 5.72. The number of amides is 2. The first kappa shape index (κ1) is 18.4. The van der Waals surface area contributed by atoms with E-state index in [0.29, 0.717) is 12.2 Å². The fourth-order valence-corrected chi connectivity index (χ4v) is 1.90. The Balaban J connectivity index is 2.37. The minimum atomic E-state index is -2.99. The highest BCUT2D eigenvalue weighted by Gasteiger charge is 2.10. The van der Waals surface area contributed by atoms with Gasteiger partial charge in [-0.05, 0) is 25.0 Å². The number of carbonyl (C=O) groups is 1. The molecule has 0 aliphatic carbocycles. The molecule has 3 N–H and O–H groups in total. The van der Waals surface area contributed by atoms with Crippen LogP contribution in [-0.2, 0) is 0 Å². The van der Waals surface area contributed by atoms with Crippen LogP contribution >= 0.6 is 11.6 Å². The number of carbonyl (C=O) groups excluding carboxylic acids is 1. The zero-order chi connectivity index (χ0) is 16.4. The molecule has 0 atom stereocenters. The number of rotatable bonds is 9. The van der Waals surface area contributed by atoms with Crippen LogP contribution in [0.15, 0.2) is 18.2 Å². The minimum Gasteiger partial charge on any atom is -0.433 e. The Morgan fingerprint density at radius 2 is 2.00 bits per heavy atom. The summed E-state index contributed by atoms with van der Waals surface area (Å²) in [5.41, 5.74) is 0.304. The highest BCUT2D eigenvalue weighted by atomic mass is 35.5. The molecule has 1 aromatic rings. The average molecular weight is 337 g/mol. The number of aliphatic hydroxyl groups is 1. The maximum atomic E-state index is 12.2. The van der Waals surface area contributed by atoms with E-state index in [9.17, 15) is 13.6 Å². The van der Waals surface area contributed by atoms with Crippen molar-refractivity contribution in [2.45, 2.75) is 32.3 Å². The summed E-state index contributed by atoms with van der Waals surface area (Å²) in [6.45, 7) is -2.32. The SMILES string of the molecule is O=C(NCCCCCCO)Nc1ccc(Cl)c(OC(F)F)c1. The minimum absolute atomic E-state index is 0.0372. The van der Waals surface area contributed by atoms with E-state index in [2.05, 4.69) is 15.4 Å². The number of unbranched alkanes of at least 4 members (excludes halogenated alkanes) is 3. The van der Waals surface area contributed by atoms with Gasteiger partial charge in [-0.2, -0.15) is 8.78 Å². The van der Waals surface area contributed by atoms with Crippen LogP contribution in [0, 0.1) is 0 Å². The van der Waals surface area contributed by atoms with Gasteiger partial charge in [0.1, 0.15) is 5.75 Å². The van der Waals surface area contributed by atoms with Gasteiger partial charge in [0, 0.05) is 24.9 Å². The number of nitrogens with one attached hydrogen (secondary N) is 2. The molecule has 8 heteroatoms. The van der Waals surface area contributed by atoms with E-state index in [0.717, 1.165) is 25.7 Å². The third-order valence-corrected chi connectivity index (χ3v) is 3.09. The van der Waals surface area contributed by atoms with Crippen molar-refractivity contribution in [3.8, 4) is 5.75 Å². The van der Waals surface area contributed by atoms with Crippen molar-refractivity contribution in [1.82, 2.24) is 5.32 Å². The van der Waals surface area contributed by atoms with E-state index in [-0.39, 0.29) is 17.4 Å². The number of halogens is 3. The molecule has 0 saturated carbocycles. The average Bonchev–Trinajstić information content (AvgIpc) is 2.46. The van der Waals surface area contributed by atoms with Crippen LogP contribution < -0.4 is 15.4 Å². The van der Waals surface area contributed by atoms with Crippen LogP contribution in [0.3, 0.4) is 0 Å². The summed E-state index contributed by atoms with van der Waals surface area (Å²) in [5.74, 6) is -0.196. The van der Waals surface area contributed by atoms with Gasteiger partial charge in [-0.15, -0.1) is 0 Å². The second-order valence-corrected chi connectivity index (χ2v) is 4.95. The van der Waals surface area contributed by atoms with Gasteiger partial charge >= 0.3 is 12.6 Å².